The zero-order valence-corrected chi connectivity index (χ0v) is 10.2. The molecule has 3 aliphatic rings. The van der Waals surface area contributed by atoms with E-state index in [1.165, 1.54) is 12.8 Å². The van der Waals surface area contributed by atoms with E-state index in [1.54, 1.807) is 0 Å². The van der Waals surface area contributed by atoms with Crippen LogP contribution in [-0.4, -0.2) is 15.9 Å². The number of carbonyl (C=O) groups is 1. The first-order valence-corrected chi connectivity index (χ1v) is 6.33. The summed E-state index contributed by atoms with van der Waals surface area (Å²) in [5.41, 5.74) is 0. The highest BCUT2D eigenvalue weighted by Crippen LogP contribution is 2.52. The Morgan fingerprint density at radius 3 is 2.44 bits per heavy atom. The Morgan fingerprint density at radius 2 is 1.88 bits per heavy atom. The van der Waals surface area contributed by atoms with Crippen molar-refractivity contribution in [3.05, 3.63) is 24.3 Å². The summed E-state index contributed by atoms with van der Waals surface area (Å²) in [6, 6.07) is 0. The maximum atomic E-state index is 9.44. The van der Waals surface area contributed by atoms with E-state index < -0.39 is 10.8 Å². The normalized spacial score (nSPS) is 37.4. The molecule has 4 unspecified atom stereocenters. The predicted molar refractivity (Wildman–Crippen MR) is 64.6 cm³/mol. The smallest absolute Gasteiger partial charge is 0.337 e. The van der Waals surface area contributed by atoms with E-state index in [2.05, 4.69) is 24.3 Å². The molecule has 16 heavy (non-hydrogen) atoms. The molecule has 0 aliphatic heterocycles. The van der Waals surface area contributed by atoms with Crippen LogP contribution in [0.1, 0.15) is 12.8 Å². The molecule has 0 amide bonds. The van der Waals surface area contributed by atoms with E-state index in [0.29, 0.717) is 0 Å². The van der Waals surface area contributed by atoms with Crippen molar-refractivity contribution in [1.82, 2.24) is 0 Å². The van der Waals surface area contributed by atoms with E-state index in [-0.39, 0.29) is 0 Å². The first-order valence-electron chi connectivity index (χ1n) is 5.45. The van der Waals surface area contributed by atoms with Crippen LogP contribution in [0.15, 0.2) is 24.3 Å². The standard InChI is InChI=1S/C10H12.C2H2Cl2O2/c1-2-9-7-4-5-8(6-7)10(9)3-1;3-1(4)2(5)6/h1-2,4-5,7-10H,3,6H2;1H,(H,5,6). The fourth-order valence-electron chi connectivity index (χ4n) is 2.97. The molecule has 1 fully saturated rings. The zero-order chi connectivity index (χ0) is 11.7. The molecule has 0 aromatic carbocycles. The predicted octanol–water partition coefficient (Wildman–Crippen LogP) is 3.26. The molecule has 3 aliphatic carbocycles. The summed E-state index contributed by atoms with van der Waals surface area (Å²) in [6.45, 7) is 0. The molecule has 0 radical (unpaired) electrons. The van der Waals surface area contributed by atoms with Gasteiger partial charge in [-0.1, -0.05) is 47.5 Å². The van der Waals surface area contributed by atoms with Crippen LogP contribution in [0.3, 0.4) is 0 Å². The molecule has 4 atom stereocenters. The number of allylic oxidation sites excluding steroid dienone is 4. The van der Waals surface area contributed by atoms with Crippen molar-refractivity contribution >= 4 is 29.2 Å². The number of fused-ring (bicyclic) bond motifs is 5. The van der Waals surface area contributed by atoms with E-state index in [4.69, 9.17) is 28.3 Å². The third kappa shape index (κ3) is 2.28. The van der Waals surface area contributed by atoms with Gasteiger partial charge in [-0.15, -0.1) is 0 Å². The quantitative estimate of drug-likeness (QED) is 0.581. The molecule has 88 valence electrons. The van der Waals surface area contributed by atoms with Crippen molar-refractivity contribution in [3.63, 3.8) is 0 Å². The molecule has 0 spiro atoms. The Hall–Kier alpha value is -0.470. The maximum Gasteiger partial charge on any atom is 0.337 e. The van der Waals surface area contributed by atoms with Crippen molar-refractivity contribution in [2.45, 2.75) is 17.7 Å². The van der Waals surface area contributed by atoms with Gasteiger partial charge in [-0.3, -0.25) is 0 Å². The number of aliphatic carboxylic acids is 1. The van der Waals surface area contributed by atoms with Crippen molar-refractivity contribution in [1.29, 1.82) is 0 Å². The van der Waals surface area contributed by atoms with Gasteiger partial charge >= 0.3 is 5.97 Å². The number of carboxylic acids is 1. The number of rotatable bonds is 1. The van der Waals surface area contributed by atoms with Crippen LogP contribution >= 0.6 is 23.2 Å². The van der Waals surface area contributed by atoms with Gasteiger partial charge in [0.15, 0.2) is 0 Å². The van der Waals surface area contributed by atoms with Crippen molar-refractivity contribution in [2.75, 3.05) is 0 Å². The number of hydrogen-bond acceptors (Lipinski definition) is 1. The summed E-state index contributed by atoms with van der Waals surface area (Å²) in [5.74, 6) is 2.61. The van der Waals surface area contributed by atoms with Gasteiger partial charge in [0, 0.05) is 0 Å². The van der Waals surface area contributed by atoms with Gasteiger partial charge in [0.2, 0.25) is 4.84 Å². The van der Waals surface area contributed by atoms with Crippen LogP contribution in [0.25, 0.3) is 0 Å². The lowest BCUT2D eigenvalue weighted by Crippen LogP contribution is -2.12. The fraction of sp³-hybridized carbons (Fsp3) is 0.583. The van der Waals surface area contributed by atoms with Crippen molar-refractivity contribution in [3.8, 4) is 0 Å². The number of alkyl halides is 2. The number of carboxylic acid groups (broad SMARTS) is 1. The highest BCUT2D eigenvalue weighted by Gasteiger charge is 2.44. The minimum absolute atomic E-state index is 0.925. The first-order chi connectivity index (χ1) is 7.59. The molecule has 1 N–H and O–H groups in total. The molecular weight excluding hydrogens is 247 g/mol. The van der Waals surface area contributed by atoms with E-state index in [0.717, 1.165) is 23.7 Å². The van der Waals surface area contributed by atoms with Gasteiger partial charge in [0.25, 0.3) is 0 Å². The Bertz CT molecular complexity index is 336. The van der Waals surface area contributed by atoms with Gasteiger partial charge in [0.05, 0.1) is 0 Å². The highest BCUT2D eigenvalue weighted by atomic mass is 35.5. The minimum atomic E-state index is -1.29. The summed E-state index contributed by atoms with van der Waals surface area (Å²) in [7, 11) is 0. The average Bonchev–Trinajstić information content (AvgIpc) is 2.92. The van der Waals surface area contributed by atoms with E-state index in [1.807, 2.05) is 0 Å². The van der Waals surface area contributed by atoms with Gasteiger partial charge < -0.3 is 5.11 Å². The van der Waals surface area contributed by atoms with Gasteiger partial charge in [-0.25, -0.2) is 4.79 Å². The van der Waals surface area contributed by atoms with Crippen LogP contribution in [0, 0.1) is 23.7 Å². The lowest BCUT2D eigenvalue weighted by atomic mass is 9.86. The largest absolute Gasteiger partial charge is 0.479 e. The fourth-order valence-corrected chi connectivity index (χ4v) is 2.97. The van der Waals surface area contributed by atoms with E-state index >= 15 is 0 Å². The molecule has 3 rings (SSSR count). The van der Waals surface area contributed by atoms with Gasteiger partial charge in [-0.05, 0) is 36.5 Å². The first kappa shape index (κ1) is 12.0. The molecule has 0 saturated heterocycles. The van der Waals surface area contributed by atoms with Crippen LogP contribution in [0.2, 0.25) is 0 Å². The monoisotopic (exact) mass is 260 g/mol. The summed E-state index contributed by atoms with van der Waals surface area (Å²) in [5, 5.41) is 7.73. The molecular formula is C12H14Cl2O2. The Morgan fingerprint density at radius 1 is 1.25 bits per heavy atom. The lowest BCUT2D eigenvalue weighted by molar-refractivity contribution is -0.135. The highest BCUT2D eigenvalue weighted by molar-refractivity contribution is 6.52. The topological polar surface area (TPSA) is 37.3 Å². The Kier molecular flexibility index (Phi) is 3.60. The van der Waals surface area contributed by atoms with Crippen LogP contribution in [0.4, 0.5) is 0 Å². The molecule has 0 aromatic heterocycles. The summed E-state index contributed by atoms with van der Waals surface area (Å²) in [4.78, 5) is 8.15. The van der Waals surface area contributed by atoms with E-state index in [9.17, 15) is 4.79 Å². The van der Waals surface area contributed by atoms with Crippen molar-refractivity contribution < 1.29 is 9.90 Å². The molecule has 1 saturated carbocycles. The Balaban J connectivity index is 0.000000142. The zero-order valence-electron chi connectivity index (χ0n) is 8.72. The minimum Gasteiger partial charge on any atom is -0.479 e. The Labute approximate surface area is 105 Å². The van der Waals surface area contributed by atoms with Crippen LogP contribution < -0.4 is 0 Å². The van der Waals surface area contributed by atoms with Crippen molar-refractivity contribution in [2.24, 2.45) is 23.7 Å². The molecule has 2 bridgehead atoms. The van der Waals surface area contributed by atoms with Crippen LogP contribution in [-0.2, 0) is 4.79 Å². The third-order valence-corrected chi connectivity index (χ3v) is 4.02. The van der Waals surface area contributed by atoms with Gasteiger partial charge in [0.1, 0.15) is 0 Å². The maximum absolute atomic E-state index is 9.44. The summed E-state index contributed by atoms with van der Waals surface area (Å²) >= 11 is 9.56. The SMILES string of the molecule is C1=CC2C3C=CC(C3)C2C1.O=C(O)C(Cl)Cl. The number of hydrogen-bond donors (Lipinski definition) is 1. The molecule has 2 nitrogen and oxygen atoms in total. The second-order valence-electron chi connectivity index (χ2n) is 4.49. The van der Waals surface area contributed by atoms with Gasteiger partial charge in [-0.2, -0.15) is 0 Å². The molecule has 0 heterocycles. The molecule has 4 heteroatoms. The summed E-state index contributed by atoms with van der Waals surface area (Å²) < 4.78 is 0. The average molecular weight is 261 g/mol. The van der Waals surface area contributed by atoms with Crippen LogP contribution in [0.5, 0.6) is 0 Å². The molecule has 0 aromatic rings. The summed E-state index contributed by atoms with van der Waals surface area (Å²) in [6.07, 6.45) is 12.5. The second kappa shape index (κ2) is 4.80. The lowest BCUT2D eigenvalue weighted by Gasteiger charge is -2.18. The number of halogens is 2. The second-order valence-corrected chi connectivity index (χ2v) is 5.59. The third-order valence-electron chi connectivity index (χ3n) is 3.64.